The third kappa shape index (κ3) is 10.9. The lowest BCUT2D eigenvalue weighted by atomic mass is 10.0. The molecule has 1 aromatic rings. The molecular formula is C24H37NO3. The van der Waals surface area contributed by atoms with Gasteiger partial charge in [0, 0.05) is 6.42 Å². The van der Waals surface area contributed by atoms with Crippen LogP contribution in [0.3, 0.4) is 0 Å². The van der Waals surface area contributed by atoms with Gasteiger partial charge >= 0.3 is 5.97 Å². The summed E-state index contributed by atoms with van der Waals surface area (Å²) >= 11 is 0. The Balaban J connectivity index is 2.26. The summed E-state index contributed by atoms with van der Waals surface area (Å²) < 4.78 is 5.34. The Hall–Kier alpha value is -2.10. The molecule has 0 aliphatic rings. The van der Waals surface area contributed by atoms with E-state index in [0.717, 1.165) is 37.7 Å². The number of rotatable bonds is 15. The van der Waals surface area contributed by atoms with Crippen molar-refractivity contribution >= 4 is 11.7 Å². The van der Waals surface area contributed by atoms with Gasteiger partial charge in [0.05, 0.1) is 0 Å². The molecule has 28 heavy (non-hydrogen) atoms. The number of nitrogens with zero attached hydrogens (tertiary/aromatic N) is 1. The molecule has 0 aliphatic heterocycles. The lowest BCUT2D eigenvalue weighted by molar-refractivity contribution is -0.137. The van der Waals surface area contributed by atoms with E-state index in [1.165, 1.54) is 31.2 Å². The van der Waals surface area contributed by atoms with Crippen molar-refractivity contribution in [1.29, 1.82) is 0 Å². The van der Waals surface area contributed by atoms with Gasteiger partial charge in [-0.2, -0.15) is 0 Å². The van der Waals surface area contributed by atoms with Crippen LogP contribution in [0.15, 0.2) is 42.1 Å². The van der Waals surface area contributed by atoms with Crippen LogP contribution < -0.4 is 0 Å². The first kappa shape index (κ1) is 23.9. The monoisotopic (exact) mass is 387 g/mol. The van der Waals surface area contributed by atoms with Crippen molar-refractivity contribution in [3.8, 4) is 0 Å². The number of unbranched alkanes of at least 4 members (excludes halogenated alkanes) is 7. The normalized spacial score (nSPS) is 11.6. The van der Waals surface area contributed by atoms with Gasteiger partial charge in [-0.1, -0.05) is 81.4 Å². The number of carbonyl (C=O) groups excluding carboxylic acids is 1. The van der Waals surface area contributed by atoms with E-state index < -0.39 is 5.97 Å². The predicted molar refractivity (Wildman–Crippen MR) is 116 cm³/mol. The van der Waals surface area contributed by atoms with Gasteiger partial charge in [-0.05, 0) is 42.7 Å². The number of carbonyl (C=O) groups is 1. The zero-order valence-electron chi connectivity index (χ0n) is 17.7. The van der Waals surface area contributed by atoms with Gasteiger partial charge in [0.15, 0.2) is 5.71 Å². The Labute approximate surface area is 170 Å². The Morgan fingerprint density at radius 1 is 1.11 bits per heavy atom. The first-order chi connectivity index (χ1) is 13.6. The minimum Gasteiger partial charge on any atom is -0.456 e. The fraction of sp³-hybridized carbons (Fsp3) is 0.583. The van der Waals surface area contributed by atoms with E-state index >= 15 is 0 Å². The van der Waals surface area contributed by atoms with Crippen molar-refractivity contribution in [3.63, 3.8) is 0 Å². The van der Waals surface area contributed by atoms with E-state index in [1.54, 1.807) is 0 Å². The Morgan fingerprint density at radius 2 is 1.75 bits per heavy atom. The predicted octanol–water partition coefficient (Wildman–Crippen LogP) is 6.46. The molecule has 0 saturated carbocycles. The van der Waals surface area contributed by atoms with Gasteiger partial charge in [-0.25, -0.2) is 4.79 Å². The second-order valence-corrected chi connectivity index (χ2v) is 7.84. The van der Waals surface area contributed by atoms with Gasteiger partial charge in [0.25, 0.3) is 0 Å². The standard InChI is InChI=1S/C24H37NO3/c1-4-5-6-7-8-9-10-11-12-16-23(25-27)24(26)28-19-22-15-13-14-21(18-22)17-20(2)3/h4,13-15,18,20,27H,1,5-12,16-17,19H2,2-3H3/b25-23+. The molecule has 4 nitrogen and oxygen atoms in total. The highest BCUT2D eigenvalue weighted by Gasteiger charge is 2.14. The molecule has 0 amide bonds. The zero-order valence-corrected chi connectivity index (χ0v) is 17.7. The fourth-order valence-electron chi connectivity index (χ4n) is 3.21. The average molecular weight is 388 g/mol. The van der Waals surface area contributed by atoms with E-state index in [1.807, 2.05) is 18.2 Å². The summed E-state index contributed by atoms with van der Waals surface area (Å²) in [4.78, 5) is 12.2. The number of allylic oxidation sites excluding steroid dienone is 1. The second-order valence-electron chi connectivity index (χ2n) is 7.84. The lowest BCUT2D eigenvalue weighted by Gasteiger charge is -2.09. The molecular weight excluding hydrogens is 350 g/mol. The topological polar surface area (TPSA) is 58.9 Å². The fourth-order valence-corrected chi connectivity index (χ4v) is 3.21. The molecule has 0 bridgehead atoms. The van der Waals surface area contributed by atoms with Crippen LogP contribution >= 0.6 is 0 Å². The maximum atomic E-state index is 12.2. The van der Waals surface area contributed by atoms with Crippen molar-refractivity contribution in [2.75, 3.05) is 0 Å². The summed E-state index contributed by atoms with van der Waals surface area (Å²) in [6.07, 6.45) is 12.5. The van der Waals surface area contributed by atoms with Gasteiger partial charge in [0.1, 0.15) is 6.61 Å². The first-order valence-corrected chi connectivity index (χ1v) is 10.6. The van der Waals surface area contributed by atoms with Crippen LogP contribution in [0.1, 0.15) is 82.8 Å². The van der Waals surface area contributed by atoms with Crippen molar-refractivity contribution in [2.45, 2.75) is 84.7 Å². The summed E-state index contributed by atoms with van der Waals surface area (Å²) in [5.41, 5.74) is 2.31. The van der Waals surface area contributed by atoms with Crippen LogP contribution in [0.25, 0.3) is 0 Å². The number of oxime groups is 1. The molecule has 0 unspecified atom stereocenters. The molecule has 1 N–H and O–H groups in total. The van der Waals surface area contributed by atoms with Crippen LogP contribution in [-0.2, 0) is 22.6 Å². The van der Waals surface area contributed by atoms with Crippen molar-refractivity contribution in [2.24, 2.45) is 11.1 Å². The zero-order chi connectivity index (χ0) is 20.6. The Morgan fingerprint density at radius 3 is 2.39 bits per heavy atom. The molecule has 0 fully saturated rings. The molecule has 4 heteroatoms. The van der Waals surface area contributed by atoms with Crippen LogP contribution in [-0.4, -0.2) is 16.9 Å². The summed E-state index contributed by atoms with van der Waals surface area (Å²) in [6, 6.07) is 8.09. The highest BCUT2D eigenvalue weighted by Crippen LogP contribution is 2.13. The Kier molecular flexibility index (Phi) is 12.7. The maximum Gasteiger partial charge on any atom is 0.356 e. The summed E-state index contributed by atoms with van der Waals surface area (Å²) in [5, 5.41) is 12.3. The number of hydrogen-bond acceptors (Lipinski definition) is 4. The van der Waals surface area contributed by atoms with Crippen LogP contribution in [0.4, 0.5) is 0 Å². The van der Waals surface area contributed by atoms with E-state index in [0.29, 0.717) is 12.3 Å². The largest absolute Gasteiger partial charge is 0.456 e. The van der Waals surface area contributed by atoms with Crippen molar-refractivity contribution in [1.82, 2.24) is 0 Å². The SMILES string of the molecule is C=CCCCCCCCCC/C(=N\O)C(=O)OCc1cccc(CC(C)C)c1. The summed E-state index contributed by atoms with van der Waals surface area (Å²) in [7, 11) is 0. The molecule has 156 valence electrons. The van der Waals surface area contributed by atoms with E-state index in [9.17, 15) is 4.79 Å². The van der Waals surface area contributed by atoms with Gasteiger partial charge < -0.3 is 9.94 Å². The summed E-state index contributed by atoms with van der Waals surface area (Å²) in [6.45, 7) is 8.30. The van der Waals surface area contributed by atoms with E-state index in [-0.39, 0.29) is 12.3 Å². The molecule has 0 radical (unpaired) electrons. The quantitative estimate of drug-likeness (QED) is 0.0938. The number of benzene rings is 1. The number of esters is 1. The Bertz CT molecular complexity index is 608. The van der Waals surface area contributed by atoms with Crippen LogP contribution in [0.5, 0.6) is 0 Å². The maximum absolute atomic E-state index is 12.2. The molecule has 0 saturated heterocycles. The van der Waals surface area contributed by atoms with Crippen molar-refractivity contribution in [3.05, 3.63) is 48.0 Å². The molecule has 0 atom stereocenters. The minimum atomic E-state index is -0.527. The van der Waals surface area contributed by atoms with Gasteiger partial charge in [0.2, 0.25) is 0 Å². The van der Waals surface area contributed by atoms with Gasteiger partial charge in [-0.15, -0.1) is 6.58 Å². The van der Waals surface area contributed by atoms with Crippen molar-refractivity contribution < 1.29 is 14.7 Å². The third-order valence-corrected chi connectivity index (χ3v) is 4.68. The lowest BCUT2D eigenvalue weighted by Crippen LogP contribution is -2.17. The smallest absolute Gasteiger partial charge is 0.356 e. The first-order valence-electron chi connectivity index (χ1n) is 10.6. The minimum absolute atomic E-state index is 0.115. The van der Waals surface area contributed by atoms with E-state index in [2.05, 4.69) is 37.7 Å². The summed E-state index contributed by atoms with van der Waals surface area (Å²) in [5.74, 6) is 0.0549. The molecule has 0 heterocycles. The molecule has 0 aromatic heterocycles. The molecule has 1 aromatic carbocycles. The third-order valence-electron chi connectivity index (χ3n) is 4.68. The molecule has 0 spiro atoms. The molecule has 1 rings (SSSR count). The van der Waals surface area contributed by atoms with Gasteiger partial charge in [-0.3, -0.25) is 0 Å². The highest BCUT2D eigenvalue weighted by atomic mass is 16.5. The number of ether oxygens (including phenoxy) is 1. The molecule has 0 aliphatic carbocycles. The van der Waals surface area contributed by atoms with Crippen LogP contribution in [0, 0.1) is 5.92 Å². The highest BCUT2D eigenvalue weighted by molar-refractivity contribution is 6.36. The average Bonchev–Trinajstić information content (AvgIpc) is 2.67. The number of hydrogen-bond donors (Lipinski definition) is 1. The van der Waals surface area contributed by atoms with E-state index in [4.69, 9.17) is 9.94 Å². The second kappa shape index (κ2) is 14.9. The van der Waals surface area contributed by atoms with Crippen LogP contribution in [0.2, 0.25) is 0 Å².